The zero-order valence-electron chi connectivity index (χ0n) is 8.13. The van der Waals surface area contributed by atoms with Gasteiger partial charge in [0.2, 0.25) is 5.91 Å². The third-order valence-electron chi connectivity index (χ3n) is 2.59. The lowest BCUT2D eigenvalue weighted by Crippen LogP contribution is -2.44. The maximum atomic E-state index is 11.6. The Kier molecular flexibility index (Phi) is 3.09. The third-order valence-corrected chi connectivity index (χ3v) is 2.59. The Bertz CT molecular complexity index is 168. The Balaban J connectivity index is 2.53. The zero-order valence-corrected chi connectivity index (χ0v) is 8.13. The predicted molar refractivity (Wildman–Crippen MR) is 48.8 cm³/mol. The lowest BCUT2D eigenvalue weighted by Gasteiger charge is -2.30. The normalized spacial score (nSPS) is 29.9. The van der Waals surface area contributed by atoms with Gasteiger partial charge in [-0.3, -0.25) is 4.79 Å². The van der Waals surface area contributed by atoms with Crippen LogP contribution in [0.2, 0.25) is 0 Å². The number of nitrogens with one attached hydrogen (secondary N) is 1. The lowest BCUT2D eigenvalue weighted by atomic mass is 9.87. The van der Waals surface area contributed by atoms with Gasteiger partial charge in [0, 0.05) is 20.6 Å². The van der Waals surface area contributed by atoms with Crippen molar-refractivity contribution in [2.24, 2.45) is 11.8 Å². The summed E-state index contributed by atoms with van der Waals surface area (Å²) in [7, 11) is 3.65. The van der Waals surface area contributed by atoms with Crippen molar-refractivity contribution in [3.05, 3.63) is 0 Å². The van der Waals surface area contributed by atoms with Crippen molar-refractivity contribution in [1.82, 2.24) is 10.2 Å². The fourth-order valence-corrected chi connectivity index (χ4v) is 1.65. The average Bonchev–Trinajstić information content (AvgIpc) is 2.04. The lowest BCUT2D eigenvalue weighted by molar-refractivity contribution is -0.135. The predicted octanol–water partition coefficient (Wildman–Crippen LogP) is 0.320. The summed E-state index contributed by atoms with van der Waals surface area (Å²) in [6, 6.07) is 0. The highest BCUT2D eigenvalue weighted by Gasteiger charge is 2.28. The minimum atomic E-state index is 0.189. The van der Waals surface area contributed by atoms with E-state index in [4.69, 9.17) is 0 Å². The SMILES string of the molecule is CC1CCNC[C@H]1C(=O)N(C)C. The van der Waals surface area contributed by atoms with Crippen molar-refractivity contribution in [2.45, 2.75) is 13.3 Å². The molecule has 1 unspecified atom stereocenters. The highest BCUT2D eigenvalue weighted by molar-refractivity contribution is 5.78. The first kappa shape index (κ1) is 9.52. The van der Waals surface area contributed by atoms with Crippen LogP contribution in [0.5, 0.6) is 0 Å². The van der Waals surface area contributed by atoms with E-state index >= 15 is 0 Å². The summed E-state index contributed by atoms with van der Waals surface area (Å²) in [4.78, 5) is 13.3. The van der Waals surface area contributed by atoms with E-state index in [1.54, 1.807) is 4.90 Å². The molecule has 0 aliphatic carbocycles. The summed E-state index contributed by atoms with van der Waals surface area (Å²) >= 11 is 0. The van der Waals surface area contributed by atoms with Crippen molar-refractivity contribution in [2.75, 3.05) is 27.2 Å². The molecule has 0 radical (unpaired) electrons. The fourth-order valence-electron chi connectivity index (χ4n) is 1.65. The van der Waals surface area contributed by atoms with Crippen LogP contribution in [0, 0.1) is 11.8 Å². The van der Waals surface area contributed by atoms with Gasteiger partial charge in [0.25, 0.3) is 0 Å². The molecule has 1 saturated heterocycles. The Hall–Kier alpha value is -0.570. The van der Waals surface area contributed by atoms with E-state index < -0.39 is 0 Å². The largest absolute Gasteiger partial charge is 0.349 e. The van der Waals surface area contributed by atoms with Crippen LogP contribution in [0.3, 0.4) is 0 Å². The summed E-state index contributed by atoms with van der Waals surface area (Å²) in [5, 5.41) is 3.25. The van der Waals surface area contributed by atoms with Gasteiger partial charge in [0.15, 0.2) is 0 Å². The number of hydrogen-bond donors (Lipinski definition) is 1. The van der Waals surface area contributed by atoms with Crippen molar-refractivity contribution in [1.29, 1.82) is 0 Å². The van der Waals surface area contributed by atoms with Crippen LogP contribution in [0.15, 0.2) is 0 Å². The average molecular weight is 170 g/mol. The van der Waals surface area contributed by atoms with Crippen molar-refractivity contribution in [3.8, 4) is 0 Å². The van der Waals surface area contributed by atoms with E-state index in [0.717, 1.165) is 19.5 Å². The first-order valence-corrected chi connectivity index (χ1v) is 4.55. The summed E-state index contributed by atoms with van der Waals surface area (Å²) < 4.78 is 0. The van der Waals surface area contributed by atoms with Crippen molar-refractivity contribution in [3.63, 3.8) is 0 Å². The van der Waals surface area contributed by atoms with Crippen molar-refractivity contribution < 1.29 is 4.79 Å². The summed E-state index contributed by atoms with van der Waals surface area (Å²) in [6.45, 7) is 4.06. The van der Waals surface area contributed by atoms with Gasteiger partial charge < -0.3 is 10.2 Å². The van der Waals surface area contributed by atoms with E-state index in [1.807, 2.05) is 14.1 Å². The smallest absolute Gasteiger partial charge is 0.226 e. The summed E-state index contributed by atoms with van der Waals surface area (Å²) in [5.74, 6) is 0.976. The molecule has 0 bridgehead atoms. The van der Waals surface area contributed by atoms with Crippen LogP contribution in [0.1, 0.15) is 13.3 Å². The molecule has 70 valence electrons. The highest BCUT2D eigenvalue weighted by Crippen LogP contribution is 2.19. The molecule has 0 saturated carbocycles. The molecule has 0 spiro atoms. The van der Waals surface area contributed by atoms with E-state index in [0.29, 0.717) is 5.92 Å². The number of carbonyl (C=O) groups is 1. The molecule has 1 fully saturated rings. The number of piperidine rings is 1. The molecular weight excluding hydrogens is 152 g/mol. The molecule has 0 aromatic rings. The molecular formula is C9H18N2O. The molecule has 1 amide bonds. The van der Waals surface area contributed by atoms with E-state index in [1.165, 1.54) is 0 Å². The van der Waals surface area contributed by atoms with Crippen LogP contribution >= 0.6 is 0 Å². The Morgan fingerprint density at radius 2 is 2.17 bits per heavy atom. The molecule has 1 rings (SSSR count). The highest BCUT2D eigenvalue weighted by atomic mass is 16.2. The molecule has 3 heteroatoms. The van der Waals surface area contributed by atoms with Gasteiger partial charge in [-0.25, -0.2) is 0 Å². The maximum absolute atomic E-state index is 11.6. The van der Waals surface area contributed by atoms with Gasteiger partial charge in [0.1, 0.15) is 0 Å². The first-order valence-electron chi connectivity index (χ1n) is 4.55. The van der Waals surface area contributed by atoms with Gasteiger partial charge in [0.05, 0.1) is 5.92 Å². The molecule has 1 aliphatic rings. The zero-order chi connectivity index (χ0) is 9.14. The maximum Gasteiger partial charge on any atom is 0.226 e. The second-order valence-corrected chi connectivity index (χ2v) is 3.81. The van der Waals surface area contributed by atoms with E-state index in [2.05, 4.69) is 12.2 Å². The number of amides is 1. The van der Waals surface area contributed by atoms with Crippen LogP contribution in [-0.2, 0) is 4.79 Å². The Morgan fingerprint density at radius 3 is 2.67 bits per heavy atom. The number of carbonyl (C=O) groups excluding carboxylic acids is 1. The van der Waals surface area contributed by atoms with Gasteiger partial charge in [-0.15, -0.1) is 0 Å². The third kappa shape index (κ3) is 1.97. The fraction of sp³-hybridized carbons (Fsp3) is 0.889. The van der Waals surface area contributed by atoms with Crippen LogP contribution in [-0.4, -0.2) is 38.0 Å². The minimum Gasteiger partial charge on any atom is -0.349 e. The monoisotopic (exact) mass is 170 g/mol. The molecule has 12 heavy (non-hydrogen) atoms. The van der Waals surface area contributed by atoms with Crippen LogP contribution < -0.4 is 5.32 Å². The summed E-state index contributed by atoms with van der Waals surface area (Å²) in [5.41, 5.74) is 0. The number of nitrogens with zero attached hydrogens (tertiary/aromatic N) is 1. The van der Waals surface area contributed by atoms with Crippen LogP contribution in [0.25, 0.3) is 0 Å². The Labute approximate surface area is 74.1 Å². The minimum absolute atomic E-state index is 0.189. The molecule has 1 aliphatic heterocycles. The first-order chi connectivity index (χ1) is 5.63. The van der Waals surface area contributed by atoms with Crippen molar-refractivity contribution >= 4 is 5.91 Å². The molecule has 2 atom stereocenters. The standard InChI is InChI=1S/C9H18N2O/c1-7-4-5-10-6-8(7)9(12)11(2)3/h7-8,10H,4-6H2,1-3H3/t7?,8-/m1/s1. The van der Waals surface area contributed by atoms with Gasteiger partial charge >= 0.3 is 0 Å². The van der Waals surface area contributed by atoms with E-state index in [9.17, 15) is 4.79 Å². The molecule has 1 N–H and O–H groups in total. The molecule has 1 heterocycles. The van der Waals surface area contributed by atoms with Gasteiger partial charge in [-0.05, 0) is 18.9 Å². The quantitative estimate of drug-likeness (QED) is 0.614. The molecule has 3 nitrogen and oxygen atoms in total. The second-order valence-electron chi connectivity index (χ2n) is 3.81. The van der Waals surface area contributed by atoms with Gasteiger partial charge in [-0.1, -0.05) is 6.92 Å². The second kappa shape index (κ2) is 3.90. The van der Waals surface area contributed by atoms with E-state index in [-0.39, 0.29) is 11.8 Å². The number of hydrogen-bond acceptors (Lipinski definition) is 2. The Morgan fingerprint density at radius 1 is 1.50 bits per heavy atom. The van der Waals surface area contributed by atoms with Crippen LogP contribution in [0.4, 0.5) is 0 Å². The van der Waals surface area contributed by atoms with Gasteiger partial charge in [-0.2, -0.15) is 0 Å². The summed E-state index contributed by atoms with van der Waals surface area (Å²) in [6.07, 6.45) is 1.12. The molecule has 0 aromatic heterocycles. The number of rotatable bonds is 1. The topological polar surface area (TPSA) is 32.3 Å². The molecule has 0 aromatic carbocycles.